The van der Waals surface area contributed by atoms with Gasteiger partial charge in [-0.1, -0.05) is 23.7 Å². The minimum absolute atomic E-state index is 0.129. The van der Waals surface area contributed by atoms with Gasteiger partial charge in [-0.2, -0.15) is 0 Å². The number of nitrogens with one attached hydrogen (secondary N) is 1. The summed E-state index contributed by atoms with van der Waals surface area (Å²) < 4.78 is 0. The lowest BCUT2D eigenvalue weighted by Gasteiger charge is -2.19. The second-order valence-electron chi connectivity index (χ2n) is 6.15. The molecule has 2 heterocycles. The highest BCUT2D eigenvalue weighted by molar-refractivity contribution is 6.30. The first kappa shape index (κ1) is 16.8. The Balaban J connectivity index is 1.41. The van der Waals surface area contributed by atoms with E-state index >= 15 is 0 Å². The van der Waals surface area contributed by atoms with Crippen LogP contribution in [-0.2, 0) is 11.2 Å². The van der Waals surface area contributed by atoms with Gasteiger partial charge in [0.15, 0.2) is 0 Å². The van der Waals surface area contributed by atoms with Crippen LogP contribution in [0.2, 0.25) is 5.02 Å². The van der Waals surface area contributed by atoms with E-state index in [1.165, 1.54) is 0 Å². The van der Waals surface area contributed by atoms with E-state index in [9.17, 15) is 4.79 Å². The molecule has 1 saturated heterocycles. The average molecular weight is 344 g/mol. The summed E-state index contributed by atoms with van der Waals surface area (Å²) in [6.07, 6.45) is 4.97. The zero-order chi connectivity index (χ0) is 16.8. The van der Waals surface area contributed by atoms with Crippen molar-refractivity contribution >= 4 is 23.2 Å². The summed E-state index contributed by atoms with van der Waals surface area (Å²) >= 11 is 6.05. The molecule has 2 aromatic rings. The molecule has 24 heavy (non-hydrogen) atoms. The quantitative estimate of drug-likeness (QED) is 0.873. The molecule has 5 heteroatoms. The van der Waals surface area contributed by atoms with E-state index in [1.54, 1.807) is 6.20 Å². The summed E-state index contributed by atoms with van der Waals surface area (Å²) in [6.45, 7) is 1.78. The largest absolute Gasteiger partial charge is 0.369 e. The van der Waals surface area contributed by atoms with Crippen LogP contribution in [0.25, 0.3) is 0 Å². The first-order valence-corrected chi connectivity index (χ1v) is 8.78. The molecule has 0 radical (unpaired) electrons. The van der Waals surface area contributed by atoms with Crippen LogP contribution in [0.3, 0.4) is 0 Å². The maximum atomic E-state index is 12.1. The fourth-order valence-corrected chi connectivity index (χ4v) is 3.25. The van der Waals surface area contributed by atoms with Crippen molar-refractivity contribution < 1.29 is 4.79 Å². The first-order valence-electron chi connectivity index (χ1n) is 8.40. The Morgan fingerprint density at radius 1 is 1.29 bits per heavy atom. The van der Waals surface area contributed by atoms with Crippen LogP contribution < -0.4 is 10.2 Å². The predicted molar refractivity (Wildman–Crippen MR) is 97.4 cm³/mol. The number of rotatable bonds is 6. The molecule has 1 aromatic carbocycles. The van der Waals surface area contributed by atoms with Crippen LogP contribution in [0.15, 0.2) is 48.7 Å². The number of anilines is 1. The lowest BCUT2D eigenvalue weighted by atomic mass is 10.1. The highest BCUT2D eigenvalue weighted by atomic mass is 35.5. The van der Waals surface area contributed by atoms with Gasteiger partial charge in [0.2, 0.25) is 5.91 Å². The summed E-state index contributed by atoms with van der Waals surface area (Å²) in [7, 11) is 0. The van der Waals surface area contributed by atoms with Crippen LogP contribution in [0, 0.1) is 0 Å². The fourth-order valence-electron chi connectivity index (χ4n) is 3.06. The number of aryl methyl sites for hydroxylation is 1. The minimum Gasteiger partial charge on any atom is -0.369 e. The normalized spacial score (nSPS) is 17.0. The Labute approximate surface area is 147 Å². The number of carbonyl (C=O) groups excluding carboxylic acids is 1. The van der Waals surface area contributed by atoms with Gasteiger partial charge in [0, 0.05) is 48.2 Å². The van der Waals surface area contributed by atoms with Gasteiger partial charge < -0.3 is 10.2 Å². The fraction of sp³-hybridized carbons (Fsp3) is 0.368. The number of pyridine rings is 1. The van der Waals surface area contributed by atoms with Crippen molar-refractivity contribution in [3.8, 4) is 0 Å². The van der Waals surface area contributed by atoms with Gasteiger partial charge in [-0.15, -0.1) is 0 Å². The van der Waals surface area contributed by atoms with Crippen molar-refractivity contribution in [3.63, 3.8) is 0 Å². The van der Waals surface area contributed by atoms with Crippen LogP contribution >= 0.6 is 11.6 Å². The van der Waals surface area contributed by atoms with Gasteiger partial charge in [-0.25, -0.2) is 0 Å². The Morgan fingerprint density at radius 3 is 3.00 bits per heavy atom. The molecule has 1 aliphatic rings. The lowest BCUT2D eigenvalue weighted by Crippen LogP contribution is -2.37. The SMILES string of the molecule is O=C(CCCc1ccccn1)N[C@H]1CCN(c2cccc(Cl)c2)C1. The van der Waals surface area contributed by atoms with Crippen LogP contribution in [0.4, 0.5) is 5.69 Å². The van der Waals surface area contributed by atoms with Crippen LogP contribution in [0.1, 0.15) is 25.0 Å². The highest BCUT2D eigenvalue weighted by Gasteiger charge is 2.23. The molecular weight excluding hydrogens is 322 g/mol. The Bertz CT molecular complexity index is 677. The van der Waals surface area contributed by atoms with E-state index in [0.29, 0.717) is 6.42 Å². The molecule has 4 nitrogen and oxygen atoms in total. The Morgan fingerprint density at radius 2 is 2.21 bits per heavy atom. The van der Waals surface area contributed by atoms with Gasteiger partial charge in [0.1, 0.15) is 0 Å². The molecular formula is C19H22ClN3O. The van der Waals surface area contributed by atoms with Crippen molar-refractivity contribution in [1.82, 2.24) is 10.3 Å². The first-order chi connectivity index (χ1) is 11.7. The molecule has 0 saturated carbocycles. The zero-order valence-electron chi connectivity index (χ0n) is 13.6. The topological polar surface area (TPSA) is 45.2 Å². The number of carbonyl (C=O) groups is 1. The summed E-state index contributed by atoms with van der Waals surface area (Å²) in [4.78, 5) is 18.7. The van der Waals surface area contributed by atoms with Crippen molar-refractivity contribution in [2.45, 2.75) is 31.7 Å². The molecule has 1 N–H and O–H groups in total. The molecule has 0 aliphatic carbocycles. The predicted octanol–water partition coefficient (Wildman–Crippen LogP) is 3.45. The number of amides is 1. The number of hydrogen-bond donors (Lipinski definition) is 1. The third kappa shape index (κ3) is 4.71. The lowest BCUT2D eigenvalue weighted by molar-refractivity contribution is -0.121. The molecule has 1 aliphatic heterocycles. The number of halogens is 1. The van der Waals surface area contributed by atoms with E-state index in [2.05, 4.69) is 21.3 Å². The number of aromatic nitrogens is 1. The van der Waals surface area contributed by atoms with Crippen molar-refractivity contribution in [3.05, 3.63) is 59.4 Å². The molecule has 1 amide bonds. The zero-order valence-corrected chi connectivity index (χ0v) is 14.4. The summed E-state index contributed by atoms with van der Waals surface area (Å²) in [6, 6.07) is 14.0. The van der Waals surface area contributed by atoms with Gasteiger partial charge >= 0.3 is 0 Å². The molecule has 0 bridgehead atoms. The van der Waals surface area contributed by atoms with Crippen LogP contribution in [-0.4, -0.2) is 30.0 Å². The van der Waals surface area contributed by atoms with Gasteiger partial charge in [0.05, 0.1) is 0 Å². The van der Waals surface area contributed by atoms with Gasteiger partial charge in [-0.3, -0.25) is 9.78 Å². The summed E-state index contributed by atoms with van der Waals surface area (Å²) in [5, 5.41) is 3.89. The standard InChI is InChI=1S/C19H22ClN3O/c20-15-5-3-8-18(13-15)23-12-10-17(14-23)22-19(24)9-4-7-16-6-1-2-11-21-16/h1-3,5-6,8,11,13,17H,4,7,9-10,12,14H2,(H,22,24)/t17-/m0/s1. The van der Waals surface area contributed by atoms with E-state index in [4.69, 9.17) is 11.6 Å². The maximum Gasteiger partial charge on any atom is 0.220 e. The average Bonchev–Trinajstić information content (AvgIpc) is 3.04. The minimum atomic E-state index is 0.129. The van der Waals surface area contributed by atoms with E-state index in [0.717, 1.165) is 48.8 Å². The number of benzene rings is 1. The molecule has 126 valence electrons. The maximum absolute atomic E-state index is 12.1. The monoisotopic (exact) mass is 343 g/mol. The smallest absolute Gasteiger partial charge is 0.220 e. The van der Waals surface area contributed by atoms with Crippen molar-refractivity contribution in [2.75, 3.05) is 18.0 Å². The van der Waals surface area contributed by atoms with Crippen LogP contribution in [0.5, 0.6) is 0 Å². The second-order valence-corrected chi connectivity index (χ2v) is 6.59. The number of hydrogen-bond acceptors (Lipinski definition) is 3. The summed E-state index contributed by atoms with van der Waals surface area (Å²) in [5.74, 6) is 0.129. The molecule has 0 unspecified atom stereocenters. The number of nitrogens with zero attached hydrogens (tertiary/aromatic N) is 2. The highest BCUT2D eigenvalue weighted by Crippen LogP contribution is 2.23. The van der Waals surface area contributed by atoms with Crippen molar-refractivity contribution in [1.29, 1.82) is 0 Å². The molecule has 3 rings (SSSR count). The summed E-state index contributed by atoms with van der Waals surface area (Å²) in [5.41, 5.74) is 2.16. The van der Waals surface area contributed by atoms with Gasteiger partial charge in [0.25, 0.3) is 0 Å². The molecule has 1 aromatic heterocycles. The molecule has 1 fully saturated rings. The third-order valence-corrected chi connectivity index (χ3v) is 4.52. The van der Waals surface area contributed by atoms with Crippen molar-refractivity contribution in [2.24, 2.45) is 0 Å². The van der Waals surface area contributed by atoms with E-state index in [-0.39, 0.29) is 11.9 Å². The van der Waals surface area contributed by atoms with E-state index < -0.39 is 0 Å². The Hall–Kier alpha value is -2.07. The Kier molecular flexibility index (Phi) is 5.70. The molecule has 1 atom stereocenters. The molecule has 0 spiro atoms. The van der Waals surface area contributed by atoms with E-state index in [1.807, 2.05) is 36.4 Å². The second kappa shape index (κ2) is 8.15. The third-order valence-electron chi connectivity index (χ3n) is 4.29. The van der Waals surface area contributed by atoms with Gasteiger partial charge in [-0.05, 0) is 49.6 Å².